The largest absolute Gasteiger partial charge is 0.367 e. The summed E-state index contributed by atoms with van der Waals surface area (Å²) in [5.74, 6) is 1.17. The maximum Gasteiger partial charge on any atom is 0.240 e. The Bertz CT molecular complexity index is 971. The highest BCUT2D eigenvalue weighted by molar-refractivity contribution is 9.10. The first-order chi connectivity index (χ1) is 12.4. The average molecular weight is 437 g/mol. The van der Waals surface area contributed by atoms with Crippen molar-refractivity contribution in [3.05, 3.63) is 58.8 Å². The molecule has 0 amide bonds. The molecule has 3 rings (SSSR count). The molecule has 0 atom stereocenters. The summed E-state index contributed by atoms with van der Waals surface area (Å²) in [4.78, 5) is 0.222. The zero-order chi connectivity index (χ0) is 18.6. The van der Waals surface area contributed by atoms with Crippen LogP contribution in [-0.2, 0) is 10.0 Å². The highest BCUT2D eigenvalue weighted by atomic mass is 79.9. The number of aromatic nitrogens is 4. The molecule has 0 aliphatic rings. The number of hydrogen-bond donors (Lipinski definition) is 2. The van der Waals surface area contributed by atoms with Crippen LogP contribution in [0, 0.1) is 6.92 Å². The highest BCUT2D eigenvalue weighted by Gasteiger charge is 2.12. The van der Waals surface area contributed by atoms with E-state index < -0.39 is 10.0 Å². The molecule has 2 heterocycles. The molecule has 0 saturated heterocycles. The van der Waals surface area contributed by atoms with Crippen molar-refractivity contribution in [1.29, 1.82) is 0 Å². The Morgan fingerprint density at radius 2 is 1.81 bits per heavy atom. The van der Waals surface area contributed by atoms with Crippen molar-refractivity contribution in [2.45, 2.75) is 11.8 Å². The lowest BCUT2D eigenvalue weighted by Gasteiger charge is -2.08. The van der Waals surface area contributed by atoms with E-state index in [1.807, 2.05) is 19.2 Å². The Labute approximate surface area is 159 Å². The molecule has 0 unspecified atom stereocenters. The first kappa shape index (κ1) is 18.5. The van der Waals surface area contributed by atoms with E-state index in [-0.39, 0.29) is 11.4 Å². The molecule has 10 heteroatoms. The molecule has 0 fully saturated rings. The van der Waals surface area contributed by atoms with Crippen molar-refractivity contribution in [2.24, 2.45) is 0 Å². The molecule has 0 saturated carbocycles. The summed E-state index contributed by atoms with van der Waals surface area (Å²) in [6, 6.07) is 11.9. The second-order valence-corrected chi connectivity index (χ2v) is 8.14. The molecule has 1 aromatic carbocycles. The fraction of sp³-hybridized carbons (Fsp3) is 0.188. The summed E-state index contributed by atoms with van der Waals surface area (Å²) < 4.78 is 29.3. The van der Waals surface area contributed by atoms with Crippen LogP contribution in [0.15, 0.2) is 58.0 Å². The molecule has 3 aromatic rings. The number of hydrogen-bond acceptors (Lipinski definition) is 6. The van der Waals surface area contributed by atoms with Crippen molar-refractivity contribution in [3.8, 4) is 5.82 Å². The van der Waals surface area contributed by atoms with Gasteiger partial charge in [0.15, 0.2) is 5.82 Å². The van der Waals surface area contributed by atoms with Gasteiger partial charge < -0.3 is 5.32 Å². The highest BCUT2D eigenvalue weighted by Crippen LogP contribution is 2.14. The number of rotatable bonds is 7. The average Bonchev–Trinajstić information content (AvgIpc) is 3.06. The van der Waals surface area contributed by atoms with Gasteiger partial charge in [0.2, 0.25) is 10.0 Å². The van der Waals surface area contributed by atoms with Crippen molar-refractivity contribution in [1.82, 2.24) is 24.7 Å². The zero-order valence-corrected chi connectivity index (χ0v) is 16.3. The van der Waals surface area contributed by atoms with Gasteiger partial charge in [-0.2, -0.15) is 5.10 Å². The van der Waals surface area contributed by atoms with E-state index in [1.54, 1.807) is 41.1 Å². The summed E-state index contributed by atoms with van der Waals surface area (Å²) in [6.45, 7) is 2.50. The van der Waals surface area contributed by atoms with Gasteiger partial charge in [-0.25, -0.2) is 17.8 Å². The molecule has 0 aliphatic heterocycles. The lowest BCUT2D eigenvalue weighted by Crippen LogP contribution is -2.29. The Morgan fingerprint density at radius 1 is 1.04 bits per heavy atom. The molecular formula is C16H17BrN6O2S. The Balaban J connectivity index is 1.51. The summed E-state index contributed by atoms with van der Waals surface area (Å²) in [7, 11) is -3.53. The van der Waals surface area contributed by atoms with Gasteiger partial charge in [0.05, 0.1) is 10.6 Å². The number of nitrogens with one attached hydrogen (secondary N) is 2. The van der Waals surface area contributed by atoms with E-state index in [4.69, 9.17) is 0 Å². The van der Waals surface area contributed by atoms with Gasteiger partial charge in [-0.05, 0) is 49.4 Å². The Hall–Kier alpha value is -2.30. The second kappa shape index (κ2) is 7.94. The molecule has 0 aliphatic carbocycles. The standard InChI is InChI=1S/C16H17BrN6O2S/c1-12-8-11-23(22-12)16-7-6-15(20-21-16)18-9-10-19-26(24,25)14-4-2-13(17)3-5-14/h2-8,11,19H,9-10H2,1H3,(H,18,20). The van der Waals surface area contributed by atoms with Crippen LogP contribution >= 0.6 is 15.9 Å². The minimum atomic E-state index is -3.53. The molecule has 0 spiro atoms. The predicted octanol–water partition coefficient (Wildman–Crippen LogP) is 2.12. The summed E-state index contributed by atoms with van der Waals surface area (Å²) in [5, 5.41) is 15.4. The van der Waals surface area contributed by atoms with Crippen LogP contribution in [0.5, 0.6) is 0 Å². The maximum atomic E-state index is 12.2. The van der Waals surface area contributed by atoms with Crippen molar-refractivity contribution < 1.29 is 8.42 Å². The fourth-order valence-electron chi connectivity index (χ4n) is 2.16. The lowest BCUT2D eigenvalue weighted by atomic mass is 10.4. The number of benzene rings is 1. The molecule has 136 valence electrons. The zero-order valence-electron chi connectivity index (χ0n) is 13.9. The molecule has 0 radical (unpaired) electrons. The molecule has 8 nitrogen and oxygen atoms in total. The third kappa shape index (κ3) is 4.65. The van der Waals surface area contributed by atoms with Crippen LogP contribution in [0.4, 0.5) is 5.82 Å². The van der Waals surface area contributed by atoms with Crippen LogP contribution in [-0.4, -0.2) is 41.5 Å². The Morgan fingerprint density at radius 3 is 2.42 bits per heavy atom. The van der Waals surface area contributed by atoms with Gasteiger partial charge in [0, 0.05) is 23.8 Å². The third-order valence-electron chi connectivity index (χ3n) is 3.45. The minimum Gasteiger partial charge on any atom is -0.367 e. The SMILES string of the molecule is Cc1ccn(-c2ccc(NCCNS(=O)(=O)c3ccc(Br)cc3)nn2)n1. The molecule has 2 N–H and O–H groups in total. The van der Waals surface area contributed by atoms with Crippen LogP contribution in [0.25, 0.3) is 5.82 Å². The van der Waals surface area contributed by atoms with Crippen LogP contribution < -0.4 is 10.0 Å². The molecule has 26 heavy (non-hydrogen) atoms. The van der Waals surface area contributed by atoms with Gasteiger partial charge in [-0.15, -0.1) is 10.2 Å². The van der Waals surface area contributed by atoms with E-state index in [0.29, 0.717) is 18.2 Å². The van der Waals surface area contributed by atoms with Gasteiger partial charge >= 0.3 is 0 Å². The number of anilines is 1. The third-order valence-corrected chi connectivity index (χ3v) is 5.46. The van der Waals surface area contributed by atoms with Crippen molar-refractivity contribution in [2.75, 3.05) is 18.4 Å². The van der Waals surface area contributed by atoms with E-state index in [2.05, 4.69) is 41.3 Å². The van der Waals surface area contributed by atoms with Gasteiger partial charge in [0.25, 0.3) is 0 Å². The monoisotopic (exact) mass is 436 g/mol. The number of sulfonamides is 1. The van der Waals surface area contributed by atoms with Gasteiger partial charge in [0.1, 0.15) is 5.82 Å². The molecular weight excluding hydrogens is 420 g/mol. The molecule has 2 aromatic heterocycles. The maximum absolute atomic E-state index is 12.2. The van der Waals surface area contributed by atoms with Gasteiger partial charge in [-0.3, -0.25) is 0 Å². The fourth-order valence-corrected chi connectivity index (χ4v) is 3.45. The number of nitrogens with zero attached hydrogens (tertiary/aromatic N) is 4. The van der Waals surface area contributed by atoms with E-state index >= 15 is 0 Å². The summed E-state index contributed by atoms with van der Waals surface area (Å²) in [5.41, 5.74) is 0.895. The van der Waals surface area contributed by atoms with Crippen LogP contribution in [0.2, 0.25) is 0 Å². The molecule has 0 bridgehead atoms. The summed E-state index contributed by atoms with van der Waals surface area (Å²) >= 11 is 3.28. The lowest BCUT2D eigenvalue weighted by molar-refractivity contribution is 0.583. The van der Waals surface area contributed by atoms with E-state index in [9.17, 15) is 8.42 Å². The van der Waals surface area contributed by atoms with Crippen LogP contribution in [0.3, 0.4) is 0 Å². The first-order valence-corrected chi connectivity index (χ1v) is 10.1. The minimum absolute atomic E-state index is 0.222. The quantitative estimate of drug-likeness (QED) is 0.550. The van der Waals surface area contributed by atoms with E-state index in [0.717, 1.165) is 10.2 Å². The van der Waals surface area contributed by atoms with Crippen molar-refractivity contribution in [3.63, 3.8) is 0 Å². The predicted molar refractivity (Wildman–Crippen MR) is 102 cm³/mol. The first-order valence-electron chi connectivity index (χ1n) is 7.79. The number of aryl methyl sites for hydroxylation is 1. The summed E-state index contributed by atoms with van der Waals surface area (Å²) in [6.07, 6.45) is 1.81. The smallest absolute Gasteiger partial charge is 0.240 e. The van der Waals surface area contributed by atoms with Crippen LogP contribution in [0.1, 0.15) is 5.69 Å². The normalized spacial score (nSPS) is 11.5. The number of halogens is 1. The second-order valence-electron chi connectivity index (χ2n) is 5.46. The van der Waals surface area contributed by atoms with Crippen molar-refractivity contribution >= 4 is 31.8 Å². The topological polar surface area (TPSA) is 102 Å². The van der Waals surface area contributed by atoms with E-state index in [1.165, 1.54) is 0 Å². The Kier molecular flexibility index (Phi) is 5.64. The van der Waals surface area contributed by atoms with Gasteiger partial charge in [-0.1, -0.05) is 15.9 Å².